The molecule has 0 aliphatic heterocycles. The molecular formula is C11H20N2OS. The zero-order chi connectivity index (χ0) is 11.1. The van der Waals surface area contributed by atoms with E-state index in [1.807, 2.05) is 6.20 Å². The van der Waals surface area contributed by atoms with Crippen LogP contribution < -0.4 is 5.32 Å². The van der Waals surface area contributed by atoms with Crippen molar-refractivity contribution in [2.75, 3.05) is 18.5 Å². The molecule has 0 saturated carbocycles. The summed E-state index contributed by atoms with van der Waals surface area (Å²) in [5.74, 6) is 0.593. The molecule has 0 unspecified atom stereocenters. The number of ether oxygens (including phenoxy) is 1. The van der Waals surface area contributed by atoms with Crippen LogP contribution in [0, 0.1) is 5.92 Å². The van der Waals surface area contributed by atoms with Gasteiger partial charge in [-0.1, -0.05) is 32.1 Å². The van der Waals surface area contributed by atoms with Crippen LogP contribution in [0.1, 0.15) is 32.1 Å². The second-order valence-corrected chi connectivity index (χ2v) is 5.08. The molecule has 3 nitrogen and oxygen atoms in total. The summed E-state index contributed by atoms with van der Waals surface area (Å²) in [5, 5.41) is 4.27. The third-order valence-electron chi connectivity index (χ3n) is 1.78. The van der Waals surface area contributed by atoms with Crippen molar-refractivity contribution in [1.29, 1.82) is 0 Å². The molecule has 0 atom stereocenters. The van der Waals surface area contributed by atoms with Crippen molar-refractivity contribution in [3.8, 4) is 0 Å². The molecule has 0 radical (unpaired) electrons. The molecule has 0 spiro atoms. The van der Waals surface area contributed by atoms with E-state index in [0.29, 0.717) is 12.5 Å². The largest absolute Gasteiger partial charge is 0.376 e. The zero-order valence-electron chi connectivity index (χ0n) is 9.75. The lowest BCUT2D eigenvalue weighted by Crippen LogP contribution is -2.00. The van der Waals surface area contributed by atoms with Gasteiger partial charge < -0.3 is 10.1 Å². The summed E-state index contributed by atoms with van der Waals surface area (Å²) < 4.78 is 5.54. The Balaban J connectivity index is 2.26. The van der Waals surface area contributed by atoms with Crippen LogP contribution in [-0.2, 0) is 11.3 Å². The molecule has 0 saturated heterocycles. The van der Waals surface area contributed by atoms with Gasteiger partial charge in [0.2, 0.25) is 0 Å². The average molecular weight is 228 g/mol. The highest BCUT2D eigenvalue weighted by Crippen LogP contribution is 2.18. The number of nitrogens with zero attached hydrogens (tertiary/aromatic N) is 1. The summed E-state index contributed by atoms with van der Waals surface area (Å²) in [4.78, 5) is 5.47. The average Bonchev–Trinajstić information content (AvgIpc) is 2.62. The lowest BCUT2D eigenvalue weighted by atomic mass is 10.2. The number of rotatable bonds is 7. The Kier molecular flexibility index (Phi) is 5.65. The Morgan fingerprint density at radius 3 is 3.00 bits per heavy atom. The number of hydrogen-bond acceptors (Lipinski definition) is 4. The van der Waals surface area contributed by atoms with Crippen LogP contribution in [-0.4, -0.2) is 18.1 Å². The highest BCUT2D eigenvalue weighted by atomic mass is 32.1. The Labute approximate surface area is 95.9 Å². The molecule has 4 heteroatoms. The molecule has 1 heterocycles. The minimum atomic E-state index is 0.593. The fraction of sp³-hybridized carbons (Fsp3) is 0.727. The maximum Gasteiger partial charge on any atom is 0.182 e. The second-order valence-electron chi connectivity index (χ2n) is 3.97. The van der Waals surface area contributed by atoms with Gasteiger partial charge in [-0.2, -0.15) is 0 Å². The number of nitrogens with one attached hydrogen (secondary N) is 1. The summed E-state index contributed by atoms with van der Waals surface area (Å²) in [5.41, 5.74) is 0. The SMILES string of the molecule is CCCNc1ncc(COCC(C)C)s1. The smallest absolute Gasteiger partial charge is 0.182 e. The van der Waals surface area contributed by atoms with Gasteiger partial charge in [0.05, 0.1) is 11.5 Å². The first-order valence-electron chi connectivity index (χ1n) is 5.48. The molecule has 1 N–H and O–H groups in total. The van der Waals surface area contributed by atoms with E-state index in [1.54, 1.807) is 11.3 Å². The minimum absolute atomic E-state index is 0.593. The molecule has 1 aromatic heterocycles. The van der Waals surface area contributed by atoms with E-state index in [2.05, 4.69) is 31.1 Å². The molecule has 0 aliphatic rings. The Bertz CT molecular complexity index is 273. The number of hydrogen-bond donors (Lipinski definition) is 1. The fourth-order valence-corrected chi connectivity index (χ4v) is 1.86. The van der Waals surface area contributed by atoms with Crippen LogP contribution in [0.4, 0.5) is 5.13 Å². The van der Waals surface area contributed by atoms with Gasteiger partial charge in [0.15, 0.2) is 5.13 Å². The quantitative estimate of drug-likeness (QED) is 0.778. The maximum absolute atomic E-state index is 5.54. The summed E-state index contributed by atoms with van der Waals surface area (Å²) in [6.45, 7) is 8.94. The van der Waals surface area contributed by atoms with E-state index < -0.39 is 0 Å². The van der Waals surface area contributed by atoms with Crippen molar-refractivity contribution < 1.29 is 4.74 Å². The fourth-order valence-electron chi connectivity index (χ4n) is 1.08. The molecule has 0 fully saturated rings. The third-order valence-corrected chi connectivity index (χ3v) is 2.70. The first-order valence-corrected chi connectivity index (χ1v) is 6.30. The molecule has 1 rings (SSSR count). The molecule has 86 valence electrons. The summed E-state index contributed by atoms with van der Waals surface area (Å²) in [6.07, 6.45) is 3.02. The highest BCUT2D eigenvalue weighted by Gasteiger charge is 2.01. The topological polar surface area (TPSA) is 34.2 Å². The van der Waals surface area contributed by atoms with Crippen LogP contribution in [0.5, 0.6) is 0 Å². The molecule has 0 aliphatic carbocycles. The van der Waals surface area contributed by atoms with Gasteiger partial charge in [-0.3, -0.25) is 0 Å². The van der Waals surface area contributed by atoms with Gasteiger partial charge in [0.25, 0.3) is 0 Å². The minimum Gasteiger partial charge on any atom is -0.376 e. The third kappa shape index (κ3) is 5.14. The predicted octanol–water partition coefficient (Wildman–Crippen LogP) is 3.14. The number of thiazole rings is 1. The first kappa shape index (κ1) is 12.5. The highest BCUT2D eigenvalue weighted by molar-refractivity contribution is 7.15. The number of anilines is 1. The molecule has 0 amide bonds. The molecule has 15 heavy (non-hydrogen) atoms. The van der Waals surface area contributed by atoms with Gasteiger partial charge in [0, 0.05) is 19.3 Å². The standard InChI is InChI=1S/C11H20N2OS/c1-4-5-12-11-13-6-10(15-11)8-14-7-9(2)3/h6,9H,4-5,7-8H2,1-3H3,(H,12,13). The van der Waals surface area contributed by atoms with Gasteiger partial charge >= 0.3 is 0 Å². The lowest BCUT2D eigenvalue weighted by Gasteiger charge is -2.04. The van der Waals surface area contributed by atoms with Crippen molar-refractivity contribution >= 4 is 16.5 Å². The monoisotopic (exact) mass is 228 g/mol. The van der Waals surface area contributed by atoms with Gasteiger partial charge in [-0.05, 0) is 12.3 Å². The molecule has 1 aromatic rings. The van der Waals surface area contributed by atoms with Gasteiger partial charge in [-0.15, -0.1) is 0 Å². The zero-order valence-corrected chi connectivity index (χ0v) is 10.6. The van der Waals surface area contributed by atoms with Crippen LogP contribution >= 0.6 is 11.3 Å². The van der Waals surface area contributed by atoms with Crippen molar-refractivity contribution in [3.05, 3.63) is 11.1 Å². The van der Waals surface area contributed by atoms with Gasteiger partial charge in [-0.25, -0.2) is 4.98 Å². The molecule has 0 bridgehead atoms. The van der Waals surface area contributed by atoms with Crippen molar-refractivity contribution in [3.63, 3.8) is 0 Å². The van der Waals surface area contributed by atoms with Crippen LogP contribution in [0.15, 0.2) is 6.20 Å². The Morgan fingerprint density at radius 1 is 1.53 bits per heavy atom. The van der Waals surface area contributed by atoms with E-state index in [9.17, 15) is 0 Å². The summed E-state index contributed by atoms with van der Waals surface area (Å²) >= 11 is 1.68. The van der Waals surface area contributed by atoms with Crippen LogP contribution in [0.3, 0.4) is 0 Å². The van der Waals surface area contributed by atoms with E-state index in [-0.39, 0.29) is 0 Å². The summed E-state index contributed by atoms with van der Waals surface area (Å²) in [7, 11) is 0. The van der Waals surface area contributed by atoms with Crippen LogP contribution in [0.25, 0.3) is 0 Å². The number of aromatic nitrogens is 1. The normalized spacial score (nSPS) is 10.9. The van der Waals surface area contributed by atoms with Crippen molar-refractivity contribution in [1.82, 2.24) is 4.98 Å². The second kappa shape index (κ2) is 6.80. The first-order chi connectivity index (χ1) is 7.22. The summed E-state index contributed by atoms with van der Waals surface area (Å²) in [6, 6.07) is 0. The predicted molar refractivity (Wildman–Crippen MR) is 65.4 cm³/mol. The lowest BCUT2D eigenvalue weighted by molar-refractivity contribution is 0.0988. The van der Waals surface area contributed by atoms with E-state index in [1.165, 1.54) is 4.88 Å². The van der Waals surface area contributed by atoms with E-state index in [0.717, 1.165) is 24.7 Å². The maximum atomic E-state index is 5.54. The Morgan fingerprint density at radius 2 is 2.33 bits per heavy atom. The molecular weight excluding hydrogens is 208 g/mol. The van der Waals surface area contributed by atoms with Crippen molar-refractivity contribution in [2.24, 2.45) is 5.92 Å². The van der Waals surface area contributed by atoms with Crippen LogP contribution in [0.2, 0.25) is 0 Å². The van der Waals surface area contributed by atoms with E-state index in [4.69, 9.17) is 4.74 Å². The Hall–Kier alpha value is -0.610. The molecule has 0 aromatic carbocycles. The van der Waals surface area contributed by atoms with Crippen molar-refractivity contribution in [2.45, 2.75) is 33.8 Å². The van der Waals surface area contributed by atoms with E-state index >= 15 is 0 Å². The van der Waals surface area contributed by atoms with Gasteiger partial charge in [0.1, 0.15) is 0 Å².